The van der Waals surface area contributed by atoms with Crippen molar-refractivity contribution in [3.8, 4) is 5.88 Å². The molecule has 0 unspecified atom stereocenters. The van der Waals surface area contributed by atoms with Crippen molar-refractivity contribution in [2.24, 2.45) is 0 Å². The van der Waals surface area contributed by atoms with E-state index in [-0.39, 0.29) is 16.8 Å². The molecule has 0 spiro atoms. The molecule has 21 heavy (non-hydrogen) atoms. The van der Waals surface area contributed by atoms with Crippen LogP contribution in [0.2, 0.25) is 5.02 Å². The van der Waals surface area contributed by atoms with Crippen molar-refractivity contribution in [1.82, 2.24) is 9.97 Å². The molecule has 0 radical (unpaired) electrons. The average Bonchev–Trinajstić information content (AvgIpc) is 2.39. The largest absolute Gasteiger partial charge is 0.493 e. The van der Waals surface area contributed by atoms with Gasteiger partial charge < -0.3 is 15.4 Å². The van der Waals surface area contributed by atoms with Crippen LogP contribution in [0.4, 0.5) is 5.69 Å². The molecule has 1 amide bonds. The smallest absolute Gasteiger partial charge is 0.255 e. The first kappa shape index (κ1) is 15.9. The number of H-pyrrole nitrogens is 1. The molecular weight excluding hydrogens is 382 g/mol. The number of anilines is 1. The summed E-state index contributed by atoms with van der Waals surface area (Å²) in [4.78, 5) is 29.0. The van der Waals surface area contributed by atoms with Gasteiger partial charge in [-0.15, -0.1) is 0 Å². The molecule has 1 aromatic carbocycles. The van der Waals surface area contributed by atoms with E-state index in [4.69, 9.17) is 11.6 Å². The average molecular weight is 391 g/mol. The molecule has 9 heteroatoms. The lowest BCUT2D eigenvalue weighted by atomic mass is 10.3. The Balaban J connectivity index is 1.97. The van der Waals surface area contributed by atoms with Gasteiger partial charge in [0.05, 0.1) is 22.5 Å². The zero-order valence-electron chi connectivity index (χ0n) is 10.4. The Bertz CT molecular complexity index is 738. The highest BCUT2D eigenvalue weighted by Gasteiger charge is 2.08. The second-order valence-electron chi connectivity index (χ2n) is 3.87. The van der Waals surface area contributed by atoms with Crippen molar-refractivity contribution in [2.75, 3.05) is 11.1 Å². The number of halogens is 2. The number of aromatic amines is 1. The Kier molecular flexibility index (Phi) is 5.27. The predicted molar refractivity (Wildman–Crippen MR) is 85.0 cm³/mol. The van der Waals surface area contributed by atoms with Crippen LogP contribution in [0.1, 0.15) is 0 Å². The number of nitrogens with one attached hydrogen (secondary N) is 2. The van der Waals surface area contributed by atoms with Crippen LogP contribution in [0.15, 0.2) is 38.7 Å². The molecule has 0 saturated carbocycles. The molecule has 110 valence electrons. The van der Waals surface area contributed by atoms with E-state index in [9.17, 15) is 14.7 Å². The molecule has 2 aromatic rings. The van der Waals surface area contributed by atoms with Gasteiger partial charge in [0.1, 0.15) is 0 Å². The van der Waals surface area contributed by atoms with E-state index in [0.29, 0.717) is 10.7 Å². The molecule has 0 aliphatic carbocycles. The fourth-order valence-electron chi connectivity index (χ4n) is 1.40. The zero-order valence-corrected chi connectivity index (χ0v) is 13.6. The maximum Gasteiger partial charge on any atom is 0.255 e. The summed E-state index contributed by atoms with van der Waals surface area (Å²) in [5.74, 6) is -0.688. The van der Waals surface area contributed by atoms with Gasteiger partial charge in [-0.3, -0.25) is 9.59 Å². The summed E-state index contributed by atoms with van der Waals surface area (Å²) in [6.07, 6.45) is 0. The molecule has 0 bridgehead atoms. The number of hydrogen-bond acceptors (Lipinski definition) is 5. The monoisotopic (exact) mass is 389 g/mol. The molecule has 0 fully saturated rings. The maximum absolute atomic E-state index is 11.8. The fraction of sp³-hybridized carbons (Fsp3) is 0.0833. The molecule has 0 aliphatic heterocycles. The van der Waals surface area contributed by atoms with Crippen molar-refractivity contribution in [3.05, 3.63) is 44.1 Å². The van der Waals surface area contributed by atoms with Gasteiger partial charge in [0.25, 0.3) is 5.56 Å². The topological polar surface area (TPSA) is 95.1 Å². The molecule has 0 saturated heterocycles. The summed E-state index contributed by atoms with van der Waals surface area (Å²) < 4.78 is 0.807. The third-order valence-electron chi connectivity index (χ3n) is 2.25. The van der Waals surface area contributed by atoms with Crippen LogP contribution in [0.25, 0.3) is 0 Å². The van der Waals surface area contributed by atoms with E-state index < -0.39 is 11.4 Å². The first-order chi connectivity index (χ1) is 9.94. The summed E-state index contributed by atoms with van der Waals surface area (Å²) in [6.45, 7) is 0. The molecule has 6 nitrogen and oxygen atoms in total. The lowest BCUT2D eigenvalue weighted by Gasteiger charge is -2.07. The summed E-state index contributed by atoms with van der Waals surface area (Å²) in [5.41, 5.74) is 0.00388. The van der Waals surface area contributed by atoms with E-state index in [2.05, 4.69) is 31.2 Å². The number of aromatic hydroxyl groups is 1. The van der Waals surface area contributed by atoms with Crippen molar-refractivity contribution >= 4 is 50.9 Å². The van der Waals surface area contributed by atoms with Crippen LogP contribution in [0, 0.1) is 0 Å². The lowest BCUT2D eigenvalue weighted by Crippen LogP contribution is -2.15. The van der Waals surface area contributed by atoms with E-state index in [1.54, 1.807) is 18.2 Å². The minimum absolute atomic E-state index is 0.0127. The first-order valence-electron chi connectivity index (χ1n) is 5.62. The summed E-state index contributed by atoms with van der Waals surface area (Å²) in [7, 11) is 0. The van der Waals surface area contributed by atoms with Crippen LogP contribution >= 0.6 is 39.3 Å². The predicted octanol–water partition coefficient (Wildman–Crippen LogP) is 2.62. The highest BCUT2D eigenvalue weighted by molar-refractivity contribution is 9.10. The number of hydrogen-bond donors (Lipinski definition) is 3. The van der Waals surface area contributed by atoms with Crippen LogP contribution in [-0.2, 0) is 4.79 Å². The van der Waals surface area contributed by atoms with E-state index in [1.807, 2.05) is 0 Å². The number of nitrogens with zero attached hydrogens (tertiary/aromatic N) is 1. The highest BCUT2D eigenvalue weighted by atomic mass is 79.9. The minimum Gasteiger partial charge on any atom is -0.493 e. The van der Waals surface area contributed by atoms with Gasteiger partial charge in [-0.25, -0.2) is 0 Å². The van der Waals surface area contributed by atoms with Crippen molar-refractivity contribution in [1.29, 1.82) is 0 Å². The number of amides is 1. The van der Waals surface area contributed by atoms with E-state index >= 15 is 0 Å². The van der Waals surface area contributed by atoms with E-state index in [1.165, 1.54) is 0 Å². The van der Waals surface area contributed by atoms with Crippen molar-refractivity contribution in [3.63, 3.8) is 0 Å². The third-order valence-corrected chi connectivity index (χ3v) is 3.93. The highest BCUT2D eigenvalue weighted by Crippen LogP contribution is 2.26. The number of benzene rings is 1. The molecule has 3 N–H and O–H groups in total. The minimum atomic E-state index is -0.485. The number of aromatic nitrogens is 2. The van der Waals surface area contributed by atoms with Crippen molar-refractivity contribution in [2.45, 2.75) is 5.16 Å². The zero-order chi connectivity index (χ0) is 15.4. The second-order valence-corrected chi connectivity index (χ2v) is 6.16. The van der Waals surface area contributed by atoms with Crippen LogP contribution in [0.5, 0.6) is 5.88 Å². The maximum atomic E-state index is 11.8. The summed E-state index contributed by atoms with van der Waals surface area (Å²) in [6, 6.07) is 6.04. The van der Waals surface area contributed by atoms with Crippen molar-refractivity contribution < 1.29 is 9.90 Å². The van der Waals surface area contributed by atoms with Gasteiger partial charge in [-0.1, -0.05) is 39.3 Å². The number of rotatable bonds is 4. The number of thioether (sulfide) groups is 1. The normalized spacial score (nSPS) is 10.4. The van der Waals surface area contributed by atoms with E-state index in [0.717, 1.165) is 22.3 Å². The first-order valence-corrected chi connectivity index (χ1v) is 7.78. The molecular formula is C12H9BrClN3O3S. The Morgan fingerprint density at radius 2 is 2.24 bits per heavy atom. The van der Waals surface area contributed by atoms with Gasteiger partial charge in [0.2, 0.25) is 11.8 Å². The molecule has 0 atom stereocenters. The fourth-order valence-corrected chi connectivity index (χ4v) is 2.79. The van der Waals surface area contributed by atoms with Crippen LogP contribution < -0.4 is 10.9 Å². The molecule has 2 rings (SSSR count). The lowest BCUT2D eigenvalue weighted by molar-refractivity contribution is -0.113. The SMILES string of the molecule is O=C(CSc1nc(O)cc(=O)[nH]1)Nc1ccc(Br)cc1Cl. The van der Waals surface area contributed by atoms with Gasteiger partial charge in [0, 0.05) is 4.47 Å². The summed E-state index contributed by atoms with van der Waals surface area (Å²) >= 11 is 10.3. The van der Waals surface area contributed by atoms with Gasteiger partial charge in [0.15, 0.2) is 5.16 Å². The number of carbonyl (C=O) groups excluding carboxylic acids is 1. The Hall–Kier alpha value is -1.51. The molecule has 1 aromatic heterocycles. The second kappa shape index (κ2) is 6.97. The van der Waals surface area contributed by atoms with Gasteiger partial charge >= 0.3 is 0 Å². The van der Waals surface area contributed by atoms with Gasteiger partial charge in [-0.2, -0.15) is 4.98 Å². The standard InChI is InChI=1S/C12H9BrClN3O3S/c13-6-1-2-8(7(14)3-6)15-11(20)5-21-12-16-9(18)4-10(19)17-12/h1-4H,5H2,(H,15,20)(H2,16,17,18,19). The quantitative estimate of drug-likeness (QED) is 0.551. The number of carbonyl (C=O) groups is 1. The Labute approximate surface area is 137 Å². The Morgan fingerprint density at radius 1 is 1.48 bits per heavy atom. The third kappa shape index (κ3) is 4.76. The molecule has 1 heterocycles. The van der Waals surface area contributed by atoms with Crippen LogP contribution in [0.3, 0.4) is 0 Å². The molecule has 0 aliphatic rings. The van der Waals surface area contributed by atoms with Crippen LogP contribution in [-0.4, -0.2) is 26.7 Å². The van der Waals surface area contributed by atoms with Gasteiger partial charge in [-0.05, 0) is 18.2 Å². The summed E-state index contributed by atoms with van der Waals surface area (Å²) in [5, 5.41) is 12.4. The Morgan fingerprint density at radius 3 is 2.90 bits per heavy atom.